The van der Waals surface area contributed by atoms with Gasteiger partial charge in [-0.25, -0.2) is 12.8 Å². The number of carbonyl (C=O) groups excluding carboxylic acids is 2. The molecule has 0 fully saturated rings. The Morgan fingerprint density at radius 3 is 2.38 bits per heavy atom. The lowest BCUT2D eigenvalue weighted by Crippen LogP contribution is -2.37. The molecular weight excluding hydrogens is 359 g/mol. The van der Waals surface area contributed by atoms with Crippen LogP contribution in [0.25, 0.3) is 0 Å². The number of nitrogens with one attached hydrogen (secondary N) is 2. The molecule has 0 heterocycles. The molecule has 2 amide bonds. The van der Waals surface area contributed by atoms with Crippen molar-refractivity contribution in [2.75, 3.05) is 7.05 Å². The summed E-state index contributed by atoms with van der Waals surface area (Å²) in [5.74, 6) is -1.50. The second kappa shape index (κ2) is 8.09. The van der Waals surface area contributed by atoms with Crippen LogP contribution in [0.1, 0.15) is 22.8 Å². The van der Waals surface area contributed by atoms with E-state index in [0.717, 1.165) is 24.3 Å². The molecular formula is C18H19FN2O4S. The number of hydrogen-bond acceptors (Lipinski definition) is 4. The first-order valence-electron chi connectivity index (χ1n) is 7.84. The van der Waals surface area contributed by atoms with E-state index in [1.54, 1.807) is 24.3 Å². The predicted molar refractivity (Wildman–Crippen MR) is 94.7 cm³/mol. The molecule has 1 atom stereocenters. The molecule has 0 spiro atoms. The number of benzene rings is 2. The van der Waals surface area contributed by atoms with Gasteiger partial charge < -0.3 is 10.6 Å². The standard InChI is InChI=1S/C18H19FN2O4S/c1-12(26(24,25)16-8-6-15(19)7-9-16)17(22)21-11-13-4-3-5-14(10-13)18(23)20-2/h3-10,12H,11H2,1-2H3,(H,20,23)(H,21,22)/t12-/m0/s1. The Bertz CT molecular complexity index is 911. The van der Waals surface area contributed by atoms with Crippen molar-refractivity contribution in [3.63, 3.8) is 0 Å². The summed E-state index contributed by atoms with van der Waals surface area (Å²) in [6.07, 6.45) is 0. The number of hydrogen-bond donors (Lipinski definition) is 2. The van der Waals surface area contributed by atoms with Gasteiger partial charge in [0.2, 0.25) is 5.91 Å². The van der Waals surface area contributed by atoms with Crippen LogP contribution in [0.15, 0.2) is 53.4 Å². The minimum Gasteiger partial charge on any atom is -0.355 e. The molecule has 0 saturated carbocycles. The van der Waals surface area contributed by atoms with Crippen LogP contribution >= 0.6 is 0 Å². The molecule has 2 N–H and O–H groups in total. The molecule has 0 unspecified atom stereocenters. The smallest absolute Gasteiger partial charge is 0.251 e. The van der Waals surface area contributed by atoms with Crippen molar-refractivity contribution in [2.45, 2.75) is 23.6 Å². The summed E-state index contributed by atoms with van der Waals surface area (Å²) < 4.78 is 37.8. The molecule has 2 aromatic carbocycles. The number of halogens is 1. The van der Waals surface area contributed by atoms with Gasteiger partial charge in [-0.05, 0) is 48.9 Å². The minimum absolute atomic E-state index is 0.0763. The fourth-order valence-electron chi connectivity index (χ4n) is 2.27. The van der Waals surface area contributed by atoms with Crippen molar-refractivity contribution in [3.8, 4) is 0 Å². The van der Waals surface area contributed by atoms with E-state index in [2.05, 4.69) is 10.6 Å². The van der Waals surface area contributed by atoms with Crippen LogP contribution in [-0.2, 0) is 21.2 Å². The van der Waals surface area contributed by atoms with Crippen LogP contribution in [0.5, 0.6) is 0 Å². The molecule has 0 saturated heterocycles. The van der Waals surface area contributed by atoms with E-state index in [4.69, 9.17) is 0 Å². The first-order valence-corrected chi connectivity index (χ1v) is 9.38. The topological polar surface area (TPSA) is 92.3 Å². The Labute approximate surface area is 151 Å². The van der Waals surface area contributed by atoms with Crippen molar-refractivity contribution >= 4 is 21.7 Å². The van der Waals surface area contributed by atoms with Crippen molar-refractivity contribution in [1.29, 1.82) is 0 Å². The number of sulfone groups is 1. The highest BCUT2D eigenvalue weighted by molar-refractivity contribution is 7.92. The monoisotopic (exact) mass is 378 g/mol. The Morgan fingerprint density at radius 2 is 1.77 bits per heavy atom. The van der Waals surface area contributed by atoms with Crippen molar-refractivity contribution in [3.05, 3.63) is 65.5 Å². The van der Waals surface area contributed by atoms with Crippen LogP contribution in [0.4, 0.5) is 4.39 Å². The van der Waals surface area contributed by atoms with Crippen molar-refractivity contribution in [2.24, 2.45) is 0 Å². The summed E-state index contributed by atoms with van der Waals surface area (Å²) in [6.45, 7) is 1.35. The lowest BCUT2D eigenvalue weighted by atomic mass is 10.1. The molecule has 138 valence electrons. The summed E-state index contributed by atoms with van der Waals surface area (Å²) in [6, 6.07) is 10.9. The van der Waals surface area contributed by atoms with Gasteiger partial charge in [-0.1, -0.05) is 12.1 Å². The SMILES string of the molecule is CNC(=O)c1cccc(CNC(=O)[C@H](C)S(=O)(=O)c2ccc(F)cc2)c1. The van der Waals surface area contributed by atoms with Crippen LogP contribution in [0.2, 0.25) is 0 Å². The highest BCUT2D eigenvalue weighted by atomic mass is 32.2. The van der Waals surface area contributed by atoms with Gasteiger partial charge in [0.25, 0.3) is 5.91 Å². The molecule has 6 nitrogen and oxygen atoms in total. The second-order valence-corrected chi connectivity index (χ2v) is 7.91. The number of rotatable bonds is 6. The summed E-state index contributed by atoms with van der Waals surface area (Å²) in [7, 11) is -2.42. The van der Waals surface area contributed by atoms with E-state index in [-0.39, 0.29) is 17.3 Å². The molecule has 0 radical (unpaired) electrons. The Hall–Kier alpha value is -2.74. The molecule has 2 aromatic rings. The average molecular weight is 378 g/mol. The van der Waals surface area contributed by atoms with Crippen LogP contribution in [-0.4, -0.2) is 32.5 Å². The normalized spacial score (nSPS) is 12.3. The maximum atomic E-state index is 13.0. The molecule has 0 aliphatic rings. The Morgan fingerprint density at radius 1 is 1.12 bits per heavy atom. The summed E-state index contributed by atoms with van der Waals surface area (Å²) in [5, 5.41) is 3.71. The maximum absolute atomic E-state index is 13.0. The molecule has 2 rings (SSSR count). The third-order valence-electron chi connectivity index (χ3n) is 3.86. The van der Waals surface area contributed by atoms with Gasteiger partial charge in [-0.2, -0.15) is 0 Å². The largest absolute Gasteiger partial charge is 0.355 e. The molecule has 8 heteroatoms. The average Bonchev–Trinajstić information content (AvgIpc) is 2.65. The summed E-state index contributed by atoms with van der Waals surface area (Å²) in [5.41, 5.74) is 1.09. The third-order valence-corrected chi connectivity index (χ3v) is 5.93. The second-order valence-electron chi connectivity index (χ2n) is 5.64. The molecule has 0 aliphatic heterocycles. The van der Waals surface area contributed by atoms with Gasteiger partial charge in [0.15, 0.2) is 9.84 Å². The van der Waals surface area contributed by atoms with Crippen LogP contribution in [0, 0.1) is 5.82 Å². The first-order chi connectivity index (χ1) is 12.3. The minimum atomic E-state index is -3.93. The van der Waals surface area contributed by atoms with E-state index in [9.17, 15) is 22.4 Å². The van der Waals surface area contributed by atoms with Gasteiger partial charge in [0, 0.05) is 19.2 Å². The zero-order valence-electron chi connectivity index (χ0n) is 14.3. The fourth-order valence-corrected chi connectivity index (χ4v) is 3.56. The summed E-state index contributed by atoms with van der Waals surface area (Å²) in [4.78, 5) is 23.7. The first kappa shape index (κ1) is 19.6. The lowest BCUT2D eigenvalue weighted by molar-refractivity contribution is -0.120. The van der Waals surface area contributed by atoms with Gasteiger partial charge >= 0.3 is 0 Å². The molecule has 26 heavy (non-hydrogen) atoms. The van der Waals surface area contributed by atoms with E-state index < -0.39 is 26.8 Å². The number of amides is 2. The van der Waals surface area contributed by atoms with Crippen molar-refractivity contribution < 1.29 is 22.4 Å². The van der Waals surface area contributed by atoms with Gasteiger partial charge in [-0.15, -0.1) is 0 Å². The molecule has 0 aliphatic carbocycles. The third kappa shape index (κ3) is 4.45. The van der Waals surface area contributed by atoms with Crippen LogP contribution < -0.4 is 10.6 Å². The van der Waals surface area contributed by atoms with Crippen LogP contribution in [0.3, 0.4) is 0 Å². The van der Waals surface area contributed by atoms with E-state index in [1.807, 2.05) is 0 Å². The van der Waals surface area contributed by atoms with Crippen molar-refractivity contribution in [1.82, 2.24) is 10.6 Å². The molecule has 0 aromatic heterocycles. The Kier molecular flexibility index (Phi) is 6.10. The zero-order chi connectivity index (χ0) is 19.3. The van der Waals surface area contributed by atoms with E-state index in [1.165, 1.54) is 14.0 Å². The van der Waals surface area contributed by atoms with Gasteiger partial charge in [-0.3, -0.25) is 9.59 Å². The Balaban J connectivity index is 2.07. The lowest BCUT2D eigenvalue weighted by Gasteiger charge is -2.14. The fraction of sp³-hybridized carbons (Fsp3) is 0.222. The quantitative estimate of drug-likeness (QED) is 0.748. The zero-order valence-corrected chi connectivity index (χ0v) is 15.1. The van der Waals surface area contributed by atoms with Gasteiger partial charge in [0.1, 0.15) is 11.1 Å². The maximum Gasteiger partial charge on any atom is 0.251 e. The highest BCUT2D eigenvalue weighted by Crippen LogP contribution is 2.17. The predicted octanol–water partition coefficient (Wildman–Crippen LogP) is 1.66. The van der Waals surface area contributed by atoms with Gasteiger partial charge in [0.05, 0.1) is 4.90 Å². The van der Waals surface area contributed by atoms with E-state index in [0.29, 0.717) is 11.1 Å². The summed E-state index contributed by atoms with van der Waals surface area (Å²) >= 11 is 0. The molecule has 0 bridgehead atoms. The number of carbonyl (C=O) groups is 2. The van der Waals surface area contributed by atoms with E-state index >= 15 is 0 Å². The highest BCUT2D eigenvalue weighted by Gasteiger charge is 2.29.